The van der Waals surface area contributed by atoms with Crippen LogP contribution in [0.3, 0.4) is 0 Å². The molecule has 0 aromatic carbocycles. The molecule has 0 saturated carbocycles. The predicted octanol–water partition coefficient (Wildman–Crippen LogP) is 1.97. The quantitative estimate of drug-likeness (QED) is 0.739. The lowest BCUT2D eigenvalue weighted by molar-refractivity contribution is 0.322. The number of nitrogens with one attached hydrogen (secondary N) is 1. The Balaban J connectivity index is 2.13. The summed E-state index contributed by atoms with van der Waals surface area (Å²) in [7, 11) is 0. The Kier molecular flexibility index (Phi) is 2.94. The van der Waals surface area contributed by atoms with Gasteiger partial charge in [0.2, 0.25) is 0 Å². The molecule has 7 heteroatoms. The number of rotatable bonds is 2. The largest absolute Gasteiger partial charge is 0.497 e. The molecule has 0 aromatic heterocycles. The van der Waals surface area contributed by atoms with Gasteiger partial charge >= 0.3 is 6.98 Å². The van der Waals surface area contributed by atoms with Gasteiger partial charge in [-0.2, -0.15) is 0 Å². The topological polar surface area (TPSA) is 15.3 Å². The summed E-state index contributed by atoms with van der Waals surface area (Å²) in [4.78, 5) is 2.61. The highest BCUT2D eigenvalue weighted by Crippen LogP contribution is 2.40. The predicted molar refractivity (Wildman–Crippen MR) is 57.3 cm³/mol. The van der Waals surface area contributed by atoms with E-state index in [0.29, 0.717) is 0 Å². The van der Waals surface area contributed by atoms with Crippen LogP contribution in [0, 0.1) is 0 Å². The van der Waals surface area contributed by atoms with Crippen molar-refractivity contribution in [2.24, 2.45) is 0 Å². The molecule has 2 rings (SSSR count). The summed E-state index contributed by atoms with van der Waals surface area (Å²) < 4.78 is 37.2. The van der Waals surface area contributed by atoms with E-state index >= 15 is 0 Å². The highest BCUT2D eigenvalue weighted by molar-refractivity contribution is 8.03. The van der Waals surface area contributed by atoms with Crippen molar-refractivity contribution in [3.63, 3.8) is 0 Å². The monoisotopic (exact) mass is 237 g/mol. The SMILES string of the molecule is CC1SC2=C(CCNC2)N1C[B-](F)(F)F. The van der Waals surface area contributed by atoms with Crippen molar-refractivity contribution in [1.29, 1.82) is 0 Å². The second-order valence-electron chi connectivity index (χ2n) is 3.88. The molecule has 2 aliphatic rings. The fourth-order valence-electron chi connectivity index (χ4n) is 2.03. The number of thioether (sulfide) groups is 1. The lowest BCUT2D eigenvalue weighted by atomic mass is 9.90. The second-order valence-corrected chi connectivity index (χ2v) is 5.29. The van der Waals surface area contributed by atoms with Gasteiger partial charge in [0.25, 0.3) is 0 Å². The van der Waals surface area contributed by atoms with Crippen molar-refractivity contribution in [2.45, 2.75) is 18.7 Å². The van der Waals surface area contributed by atoms with E-state index < -0.39 is 13.4 Å². The third kappa shape index (κ3) is 2.45. The molecule has 0 aromatic rings. The average molecular weight is 237 g/mol. The average Bonchev–Trinajstić information content (AvgIpc) is 2.41. The van der Waals surface area contributed by atoms with Crippen LogP contribution in [0.25, 0.3) is 0 Å². The lowest BCUT2D eigenvalue weighted by Gasteiger charge is -2.32. The van der Waals surface area contributed by atoms with Gasteiger partial charge in [-0.15, -0.1) is 11.8 Å². The van der Waals surface area contributed by atoms with E-state index in [1.807, 2.05) is 6.92 Å². The molecule has 0 aliphatic carbocycles. The maximum atomic E-state index is 12.4. The van der Waals surface area contributed by atoms with Crippen LogP contribution in [0.2, 0.25) is 0 Å². The van der Waals surface area contributed by atoms with E-state index in [1.165, 1.54) is 4.90 Å². The van der Waals surface area contributed by atoms with Crippen LogP contribution in [0.4, 0.5) is 12.9 Å². The molecule has 0 bridgehead atoms. The normalized spacial score (nSPS) is 27.2. The van der Waals surface area contributed by atoms with Crippen molar-refractivity contribution >= 4 is 18.7 Å². The van der Waals surface area contributed by atoms with Gasteiger partial charge in [-0.05, 0) is 13.4 Å². The molecule has 0 amide bonds. The summed E-state index contributed by atoms with van der Waals surface area (Å²) >= 11 is 1.55. The Morgan fingerprint density at radius 2 is 2.27 bits per heavy atom. The fourth-order valence-corrected chi connectivity index (χ4v) is 3.33. The molecule has 2 aliphatic heterocycles. The minimum Gasteiger partial charge on any atom is -0.448 e. The Bertz CT molecular complexity index is 292. The number of halogens is 3. The Labute approximate surface area is 91.3 Å². The van der Waals surface area contributed by atoms with Crippen molar-refractivity contribution in [1.82, 2.24) is 10.2 Å². The molecule has 0 spiro atoms. The Morgan fingerprint density at radius 1 is 1.53 bits per heavy atom. The van der Waals surface area contributed by atoms with E-state index in [9.17, 15) is 12.9 Å². The van der Waals surface area contributed by atoms with Crippen LogP contribution in [0.1, 0.15) is 13.3 Å². The zero-order chi connectivity index (χ0) is 11.1. The van der Waals surface area contributed by atoms with Gasteiger partial charge in [0, 0.05) is 30.1 Å². The summed E-state index contributed by atoms with van der Waals surface area (Å²) in [5.74, 6) is 0. The summed E-state index contributed by atoms with van der Waals surface area (Å²) in [6.45, 7) is -1.38. The van der Waals surface area contributed by atoms with Gasteiger partial charge in [0.1, 0.15) is 0 Å². The van der Waals surface area contributed by atoms with Crippen LogP contribution in [-0.2, 0) is 0 Å². The summed E-state index contributed by atoms with van der Waals surface area (Å²) in [5, 5.41) is 3.11. The molecule has 0 radical (unpaired) electrons. The minimum atomic E-state index is -4.73. The molecule has 15 heavy (non-hydrogen) atoms. The molecule has 0 fully saturated rings. The smallest absolute Gasteiger partial charge is 0.448 e. The summed E-state index contributed by atoms with van der Waals surface area (Å²) in [6, 6.07) is 0. The van der Waals surface area contributed by atoms with E-state index in [2.05, 4.69) is 5.32 Å². The standard InChI is InChI=1S/C8H13BF3N2S/c1-6-14(5-9(10,11)12)7-2-3-13-4-8(7)15-6/h6,13H,2-5H2,1H3/q-1. The summed E-state index contributed by atoms with van der Waals surface area (Å²) in [5.41, 5.74) is 0.908. The molecule has 0 saturated heterocycles. The number of hydrogen-bond donors (Lipinski definition) is 1. The van der Waals surface area contributed by atoms with Gasteiger partial charge in [-0.25, -0.2) is 0 Å². The third-order valence-corrected chi connectivity index (χ3v) is 3.91. The van der Waals surface area contributed by atoms with E-state index in [4.69, 9.17) is 0 Å². The van der Waals surface area contributed by atoms with Gasteiger partial charge < -0.3 is 23.2 Å². The second kappa shape index (κ2) is 3.94. The van der Waals surface area contributed by atoms with Crippen LogP contribution in [0.5, 0.6) is 0 Å². The van der Waals surface area contributed by atoms with E-state index in [0.717, 1.165) is 30.1 Å². The van der Waals surface area contributed by atoms with Crippen molar-refractivity contribution < 1.29 is 12.9 Å². The van der Waals surface area contributed by atoms with Crippen LogP contribution >= 0.6 is 11.8 Å². The first-order valence-corrected chi connectivity index (χ1v) is 5.92. The first-order valence-electron chi connectivity index (χ1n) is 5.04. The third-order valence-electron chi connectivity index (χ3n) is 2.65. The Hall–Kier alpha value is -0.295. The number of hydrogen-bond acceptors (Lipinski definition) is 3. The molecule has 86 valence electrons. The van der Waals surface area contributed by atoms with Gasteiger partial charge in [0.15, 0.2) is 0 Å². The first-order chi connectivity index (χ1) is 6.97. The molecular weight excluding hydrogens is 224 g/mol. The van der Waals surface area contributed by atoms with E-state index in [1.54, 1.807) is 11.8 Å². The molecule has 2 heterocycles. The van der Waals surface area contributed by atoms with Crippen molar-refractivity contribution in [3.8, 4) is 0 Å². The molecule has 2 nitrogen and oxygen atoms in total. The van der Waals surface area contributed by atoms with Gasteiger partial charge in [-0.3, -0.25) is 0 Å². The molecular formula is C8H13BF3N2S-. The lowest BCUT2D eigenvalue weighted by Crippen LogP contribution is -2.40. The molecule has 1 atom stereocenters. The Morgan fingerprint density at radius 3 is 2.93 bits per heavy atom. The fraction of sp³-hybridized carbons (Fsp3) is 0.750. The van der Waals surface area contributed by atoms with E-state index in [-0.39, 0.29) is 5.37 Å². The van der Waals surface area contributed by atoms with Crippen molar-refractivity contribution in [3.05, 3.63) is 10.6 Å². The zero-order valence-electron chi connectivity index (χ0n) is 8.47. The highest BCUT2D eigenvalue weighted by atomic mass is 32.2. The highest BCUT2D eigenvalue weighted by Gasteiger charge is 2.36. The molecule has 1 N–H and O–H groups in total. The van der Waals surface area contributed by atoms with Gasteiger partial charge in [-0.1, -0.05) is 0 Å². The van der Waals surface area contributed by atoms with Gasteiger partial charge in [0.05, 0.1) is 5.37 Å². The van der Waals surface area contributed by atoms with Crippen LogP contribution < -0.4 is 5.32 Å². The zero-order valence-corrected chi connectivity index (χ0v) is 9.29. The minimum absolute atomic E-state index is 0.0709. The molecule has 1 unspecified atom stereocenters. The maximum absolute atomic E-state index is 12.4. The maximum Gasteiger partial charge on any atom is 0.497 e. The van der Waals surface area contributed by atoms with Crippen LogP contribution in [0.15, 0.2) is 10.6 Å². The number of nitrogens with zero attached hydrogens (tertiary/aromatic N) is 1. The van der Waals surface area contributed by atoms with Crippen LogP contribution in [-0.4, -0.2) is 36.8 Å². The van der Waals surface area contributed by atoms with Crippen molar-refractivity contribution in [2.75, 3.05) is 19.5 Å². The summed E-state index contributed by atoms with van der Waals surface area (Å²) in [6.07, 6.45) is -0.0359. The first kappa shape index (κ1) is 11.2.